The van der Waals surface area contributed by atoms with Crippen LogP contribution in [0.1, 0.15) is 30.5 Å². The standard InChI is InChI=1S/C14H17F3/c1-9(2)13-7-10(3)5-6-12(13)8-11(4)14(15,16)17/h5-7,11H,1,8H2,2-4H3. The molecular weight excluding hydrogens is 225 g/mol. The zero-order chi connectivity index (χ0) is 13.2. The Kier molecular flexibility index (Phi) is 4.02. The lowest BCUT2D eigenvalue weighted by atomic mass is 9.92. The van der Waals surface area contributed by atoms with Crippen LogP contribution in [0.4, 0.5) is 13.2 Å². The third-order valence-corrected chi connectivity index (χ3v) is 2.81. The molecular formula is C14H17F3. The summed E-state index contributed by atoms with van der Waals surface area (Å²) in [4.78, 5) is 0. The molecule has 3 heteroatoms. The van der Waals surface area contributed by atoms with Crippen molar-refractivity contribution in [3.05, 3.63) is 41.5 Å². The first-order valence-electron chi connectivity index (χ1n) is 5.54. The van der Waals surface area contributed by atoms with Crippen LogP contribution in [0.3, 0.4) is 0 Å². The number of halogens is 3. The molecule has 0 aliphatic carbocycles. The lowest BCUT2D eigenvalue weighted by molar-refractivity contribution is -0.169. The van der Waals surface area contributed by atoms with Gasteiger partial charge in [0.25, 0.3) is 0 Å². The van der Waals surface area contributed by atoms with Gasteiger partial charge in [-0.25, -0.2) is 0 Å². The van der Waals surface area contributed by atoms with Gasteiger partial charge in [-0.1, -0.05) is 42.8 Å². The van der Waals surface area contributed by atoms with Gasteiger partial charge in [0, 0.05) is 0 Å². The maximum Gasteiger partial charge on any atom is 0.391 e. The fourth-order valence-electron chi connectivity index (χ4n) is 1.71. The van der Waals surface area contributed by atoms with E-state index in [-0.39, 0.29) is 6.42 Å². The minimum absolute atomic E-state index is 0.00593. The summed E-state index contributed by atoms with van der Waals surface area (Å²) in [5.74, 6) is -1.33. The molecule has 0 saturated heterocycles. The Labute approximate surface area is 100 Å². The number of hydrogen-bond donors (Lipinski definition) is 0. The molecule has 0 nitrogen and oxygen atoms in total. The zero-order valence-electron chi connectivity index (χ0n) is 10.4. The maximum absolute atomic E-state index is 12.5. The van der Waals surface area contributed by atoms with Crippen molar-refractivity contribution in [1.29, 1.82) is 0 Å². The highest BCUT2D eigenvalue weighted by atomic mass is 19.4. The molecule has 0 fully saturated rings. The topological polar surface area (TPSA) is 0 Å². The molecule has 0 bridgehead atoms. The molecule has 0 heterocycles. The van der Waals surface area contributed by atoms with Gasteiger partial charge in [0.1, 0.15) is 0 Å². The summed E-state index contributed by atoms with van der Waals surface area (Å²) in [6, 6.07) is 5.49. The normalized spacial score (nSPS) is 13.5. The minimum Gasteiger partial charge on any atom is -0.171 e. The van der Waals surface area contributed by atoms with Gasteiger partial charge in [-0.3, -0.25) is 0 Å². The first-order valence-corrected chi connectivity index (χ1v) is 5.54. The van der Waals surface area contributed by atoms with Gasteiger partial charge in [-0.2, -0.15) is 13.2 Å². The number of allylic oxidation sites excluding steroid dienone is 1. The van der Waals surface area contributed by atoms with Crippen LogP contribution in [-0.2, 0) is 6.42 Å². The van der Waals surface area contributed by atoms with Crippen molar-refractivity contribution in [3.63, 3.8) is 0 Å². The highest BCUT2D eigenvalue weighted by Crippen LogP contribution is 2.31. The molecule has 1 aromatic carbocycles. The molecule has 0 N–H and O–H groups in total. The van der Waals surface area contributed by atoms with Crippen molar-refractivity contribution in [3.8, 4) is 0 Å². The summed E-state index contributed by atoms with van der Waals surface area (Å²) in [6.45, 7) is 8.76. The number of aryl methyl sites for hydroxylation is 1. The summed E-state index contributed by atoms with van der Waals surface area (Å²) < 4.78 is 37.6. The Morgan fingerprint density at radius 1 is 1.35 bits per heavy atom. The second-order valence-corrected chi connectivity index (χ2v) is 4.59. The molecule has 1 unspecified atom stereocenters. The second-order valence-electron chi connectivity index (χ2n) is 4.59. The smallest absolute Gasteiger partial charge is 0.171 e. The summed E-state index contributed by atoms with van der Waals surface area (Å²) >= 11 is 0. The predicted molar refractivity (Wildman–Crippen MR) is 64.8 cm³/mol. The van der Waals surface area contributed by atoms with Crippen molar-refractivity contribution in [2.24, 2.45) is 5.92 Å². The van der Waals surface area contributed by atoms with Crippen molar-refractivity contribution in [2.45, 2.75) is 33.4 Å². The molecule has 0 radical (unpaired) electrons. The van der Waals surface area contributed by atoms with Crippen LogP contribution < -0.4 is 0 Å². The Morgan fingerprint density at radius 3 is 2.41 bits per heavy atom. The summed E-state index contributed by atoms with van der Waals surface area (Å²) in [7, 11) is 0. The van der Waals surface area contributed by atoms with E-state index in [1.165, 1.54) is 6.92 Å². The monoisotopic (exact) mass is 242 g/mol. The SMILES string of the molecule is C=C(C)c1cc(C)ccc1CC(C)C(F)(F)F. The number of benzene rings is 1. The van der Waals surface area contributed by atoms with E-state index in [9.17, 15) is 13.2 Å². The highest BCUT2D eigenvalue weighted by Gasteiger charge is 2.36. The van der Waals surface area contributed by atoms with Gasteiger partial charge < -0.3 is 0 Å². The Bertz CT molecular complexity index is 416. The molecule has 1 aromatic rings. The fourth-order valence-corrected chi connectivity index (χ4v) is 1.71. The first-order chi connectivity index (χ1) is 7.71. The maximum atomic E-state index is 12.5. The third kappa shape index (κ3) is 3.62. The van der Waals surface area contributed by atoms with Crippen LogP contribution in [0.15, 0.2) is 24.8 Å². The van der Waals surface area contributed by atoms with Gasteiger partial charge >= 0.3 is 6.18 Å². The summed E-state index contributed by atoms with van der Waals surface area (Å²) in [5.41, 5.74) is 3.39. The largest absolute Gasteiger partial charge is 0.391 e. The third-order valence-electron chi connectivity index (χ3n) is 2.81. The average Bonchev–Trinajstić information content (AvgIpc) is 2.18. The van der Waals surface area contributed by atoms with Crippen LogP contribution in [0.25, 0.3) is 5.57 Å². The number of rotatable bonds is 3. The summed E-state index contributed by atoms with van der Waals surface area (Å²) in [6.07, 6.45) is -4.14. The second kappa shape index (κ2) is 4.94. The Hall–Kier alpha value is -1.25. The molecule has 1 rings (SSSR count). The quantitative estimate of drug-likeness (QED) is 0.716. The van der Waals surface area contributed by atoms with Crippen LogP contribution in [0.2, 0.25) is 0 Å². The molecule has 0 saturated carbocycles. The number of alkyl halides is 3. The Balaban J connectivity index is 3.03. The first kappa shape index (κ1) is 13.8. The van der Waals surface area contributed by atoms with E-state index in [1.54, 1.807) is 6.07 Å². The lowest BCUT2D eigenvalue weighted by Gasteiger charge is -2.18. The molecule has 0 spiro atoms. The van der Waals surface area contributed by atoms with Crippen molar-refractivity contribution >= 4 is 5.57 Å². The highest BCUT2D eigenvalue weighted by molar-refractivity contribution is 5.65. The van der Waals surface area contributed by atoms with Crippen LogP contribution in [0, 0.1) is 12.8 Å². The van der Waals surface area contributed by atoms with Gasteiger partial charge in [0.15, 0.2) is 0 Å². The minimum atomic E-state index is -4.14. The van der Waals surface area contributed by atoms with E-state index in [1.807, 2.05) is 26.0 Å². The molecule has 0 aliphatic heterocycles. The molecule has 94 valence electrons. The van der Waals surface area contributed by atoms with E-state index in [4.69, 9.17) is 0 Å². The van der Waals surface area contributed by atoms with E-state index in [0.717, 1.165) is 16.7 Å². The predicted octanol–water partition coefficient (Wildman–Crippen LogP) is 4.77. The van der Waals surface area contributed by atoms with Gasteiger partial charge in [-0.05, 0) is 31.4 Å². The van der Waals surface area contributed by atoms with E-state index < -0.39 is 12.1 Å². The van der Waals surface area contributed by atoms with Crippen LogP contribution in [0.5, 0.6) is 0 Å². The van der Waals surface area contributed by atoms with Crippen LogP contribution in [-0.4, -0.2) is 6.18 Å². The average molecular weight is 242 g/mol. The summed E-state index contributed by atoms with van der Waals surface area (Å²) in [5, 5.41) is 0. The van der Waals surface area contributed by atoms with Crippen molar-refractivity contribution < 1.29 is 13.2 Å². The fraction of sp³-hybridized carbons (Fsp3) is 0.429. The molecule has 1 atom stereocenters. The van der Waals surface area contributed by atoms with Gasteiger partial charge in [-0.15, -0.1) is 0 Å². The lowest BCUT2D eigenvalue weighted by Crippen LogP contribution is -2.22. The van der Waals surface area contributed by atoms with Crippen molar-refractivity contribution in [2.75, 3.05) is 0 Å². The van der Waals surface area contributed by atoms with Crippen LogP contribution >= 0.6 is 0 Å². The van der Waals surface area contributed by atoms with Crippen molar-refractivity contribution in [1.82, 2.24) is 0 Å². The van der Waals surface area contributed by atoms with E-state index in [0.29, 0.717) is 5.56 Å². The molecule has 17 heavy (non-hydrogen) atoms. The zero-order valence-corrected chi connectivity index (χ0v) is 10.4. The van der Waals surface area contributed by atoms with Gasteiger partial charge in [0.05, 0.1) is 5.92 Å². The molecule has 0 aliphatic rings. The van der Waals surface area contributed by atoms with E-state index >= 15 is 0 Å². The Morgan fingerprint density at radius 2 is 1.94 bits per heavy atom. The molecule has 0 amide bonds. The van der Waals surface area contributed by atoms with E-state index in [2.05, 4.69) is 6.58 Å². The van der Waals surface area contributed by atoms with Gasteiger partial charge in [0.2, 0.25) is 0 Å². The number of hydrogen-bond acceptors (Lipinski definition) is 0. The molecule has 0 aromatic heterocycles.